The maximum absolute atomic E-state index is 13.3. The number of hydrogen-bond donors (Lipinski definition) is 1. The molecule has 0 radical (unpaired) electrons. The van der Waals surface area contributed by atoms with Gasteiger partial charge in [-0.25, -0.2) is 8.78 Å². The molecule has 0 saturated carbocycles. The monoisotopic (exact) mass is 439 g/mol. The van der Waals surface area contributed by atoms with Crippen molar-refractivity contribution in [3.8, 4) is 5.75 Å². The molecule has 1 aliphatic rings. The lowest BCUT2D eigenvalue weighted by Crippen LogP contribution is -2.52. The van der Waals surface area contributed by atoms with E-state index >= 15 is 0 Å². The summed E-state index contributed by atoms with van der Waals surface area (Å²) in [5.74, 6) is -2.22. The van der Waals surface area contributed by atoms with Crippen molar-refractivity contribution in [1.29, 1.82) is 0 Å². The first kappa shape index (κ1) is 19.8. The SMILES string of the molecule is CC(Oc1ccc(F)c(F)c1)C(=O)NC1(c2cccc(Br)c2)CCOCC1. The third kappa shape index (κ3) is 4.65. The Balaban J connectivity index is 1.76. The van der Waals surface area contributed by atoms with E-state index in [1.54, 1.807) is 6.92 Å². The second-order valence-electron chi connectivity index (χ2n) is 6.53. The summed E-state index contributed by atoms with van der Waals surface area (Å²) in [5.41, 5.74) is 0.415. The fourth-order valence-electron chi connectivity index (χ4n) is 3.14. The summed E-state index contributed by atoms with van der Waals surface area (Å²) in [6.45, 7) is 2.64. The van der Waals surface area contributed by atoms with Gasteiger partial charge in [-0.3, -0.25) is 4.79 Å². The molecular weight excluding hydrogens is 420 g/mol. The van der Waals surface area contributed by atoms with Crippen molar-refractivity contribution < 1.29 is 23.0 Å². The van der Waals surface area contributed by atoms with Crippen LogP contribution in [-0.4, -0.2) is 25.2 Å². The molecule has 2 aromatic carbocycles. The third-order valence-electron chi connectivity index (χ3n) is 4.66. The molecule has 1 atom stereocenters. The molecule has 0 bridgehead atoms. The van der Waals surface area contributed by atoms with Crippen molar-refractivity contribution in [3.05, 3.63) is 64.1 Å². The van der Waals surface area contributed by atoms with Crippen molar-refractivity contribution in [1.82, 2.24) is 5.32 Å². The lowest BCUT2D eigenvalue weighted by atomic mass is 9.82. The van der Waals surface area contributed by atoms with Gasteiger partial charge in [-0.1, -0.05) is 28.1 Å². The van der Waals surface area contributed by atoms with Crippen molar-refractivity contribution in [2.75, 3.05) is 13.2 Å². The van der Waals surface area contributed by atoms with Gasteiger partial charge >= 0.3 is 0 Å². The summed E-state index contributed by atoms with van der Waals surface area (Å²) in [5, 5.41) is 3.09. The Hall–Kier alpha value is -1.99. The maximum Gasteiger partial charge on any atom is 0.261 e. The smallest absolute Gasteiger partial charge is 0.261 e. The van der Waals surface area contributed by atoms with Gasteiger partial charge in [0, 0.05) is 23.8 Å². The number of rotatable bonds is 5. The molecule has 1 saturated heterocycles. The van der Waals surface area contributed by atoms with Crippen molar-refractivity contribution in [2.45, 2.75) is 31.4 Å². The third-order valence-corrected chi connectivity index (χ3v) is 5.15. The summed E-state index contributed by atoms with van der Waals surface area (Å²) in [6.07, 6.45) is 0.391. The number of carbonyl (C=O) groups excluding carboxylic acids is 1. The molecule has 1 amide bonds. The van der Waals surface area contributed by atoms with Gasteiger partial charge in [0.1, 0.15) is 5.75 Å². The van der Waals surface area contributed by atoms with Gasteiger partial charge in [-0.15, -0.1) is 0 Å². The van der Waals surface area contributed by atoms with Gasteiger partial charge in [-0.05, 0) is 49.6 Å². The summed E-state index contributed by atoms with van der Waals surface area (Å²) in [4.78, 5) is 12.8. The predicted octanol–water partition coefficient (Wildman–Crippen LogP) is 4.32. The molecule has 1 unspecified atom stereocenters. The number of nitrogens with one attached hydrogen (secondary N) is 1. The van der Waals surface area contributed by atoms with Crippen LogP contribution in [0.5, 0.6) is 5.75 Å². The van der Waals surface area contributed by atoms with Crippen LogP contribution in [0.2, 0.25) is 0 Å². The predicted molar refractivity (Wildman–Crippen MR) is 100 cm³/mol. The molecule has 27 heavy (non-hydrogen) atoms. The van der Waals surface area contributed by atoms with Crippen LogP contribution in [0, 0.1) is 11.6 Å². The van der Waals surface area contributed by atoms with Crippen LogP contribution in [0.4, 0.5) is 8.78 Å². The Morgan fingerprint density at radius 3 is 2.59 bits per heavy atom. The van der Waals surface area contributed by atoms with Gasteiger partial charge in [0.05, 0.1) is 5.54 Å². The van der Waals surface area contributed by atoms with Crippen molar-refractivity contribution >= 4 is 21.8 Å². The Kier molecular flexibility index (Phi) is 6.11. The van der Waals surface area contributed by atoms with E-state index in [1.165, 1.54) is 6.07 Å². The molecule has 4 nitrogen and oxygen atoms in total. The van der Waals surface area contributed by atoms with Crippen LogP contribution < -0.4 is 10.1 Å². The molecule has 0 aliphatic carbocycles. The number of benzene rings is 2. The zero-order valence-electron chi connectivity index (χ0n) is 14.8. The largest absolute Gasteiger partial charge is 0.481 e. The van der Waals surface area contributed by atoms with Gasteiger partial charge in [0.25, 0.3) is 5.91 Å². The highest BCUT2D eigenvalue weighted by Gasteiger charge is 2.37. The Bertz CT molecular complexity index is 825. The average molecular weight is 440 g/mol. The topological polar surface area (TPSA) is 47.6 Å². The van der Waals surface area contributed by atoms with Crippen molar-refractivity contribution in [2.24, 2.45) is 0 Å². The van der Waals surface area contributed by atoms with Crippen LogP contribution in [0.3, 0.4) is 0 Å². The number of halogens is 3. The molecule has 0 aromatic heterocycles. The number of carbonyl (C=O) groups is 1. The fourth-order valence-corrected chi connectivity index (χ4v) is 3.54. The van der Waals surface area contributed by atoms with E-state index in [0.717, 1.165) is 22.2 Å². The zero-order chi connectivity index (χ0) is 19.4. The standard InChI is InChI=1S/C20H20BrF2NO3/c1-13(27-16-5-6-17(22)18(23)12-16)19(25)24-20(7-9-26-10-8-20)14-3-2-4-15(21)11-14/h2-6,11-13H,7-10H2,1H3,(H,24,25). The fraction of sp³-hybridized carbons (Fsp3) is 0.350. The Labute approximate surface area is 165 Å². The van der Waals surface area contributed by atoms with E-state index in [4.69, 9.17) is 9.47 Å². The molecule has 1 fully saturated rings. The summed E-state index contributed by atoms with van der Waals surface area (Å²) in [7, 11) is 0. The van der Waals surface area contributed by atoms with Gasteiger partial charge in [-0.2, -0.15) is 0 Å². The first-order chi connectivity index (χ1) is 12.9. The van der Waals surface area contributed by atoms with E-state index in [-0.39, 0.29) is 11.7 Å². The van der Waals surface area contributed by atoms with Crippen LogP contribution in [0.25, 0.3) is 0 Å². The molecule has 1 N–H and O–H groups in total. The normalized spacial score (nSPS) is 17.2. The number of hydrogen-bond acceptors (Lipinski definition) is 3. The molecular formula is C20H20BrF2NO3. The van der Waals surface area contributed by atoms with Crippen LogP contribution in [0.1, 0.15) is 25.3 Å². The minimum Gasteiger partial charge on any atom is -0.481 e. The maximum atomic E-state index is 13.3. The van der Waals surface area contributed by atoms with E-state index in [0.29, 0.717) is 26.1 Å². The molecule has 0 spiro atoms. The summed E-state index contributed by atoms with van der Waals surface area (Å²) < 4.78 is 38.3. The highest BCUT2D eigenvalue weighted by molar-refractivity contribution is 9.10. The van der Waals surface area contributed by atoms with Gasteiger partial charge in [0.2, 0.25) is 0 Å². The molecule has 2 aromatic rings. The van der Waals surface area contributed by atoms with Gasteiger partial charge < -0.3 is 14.8 Å². The van der Waals surface area contributed by atoms with Crippen LogP contribution >= 0.6 is 15.9 Å². The van der Waals surface area contributed by atoms with Gasteiger partial charge in [0.15, 0.2) is 17.7 Å². The minimum absolute atomic E-state index is 0.0973. The highest BCUT2D eigenvalue weighted by Crippen LogP contribution is 2.33. The first-order valence-corrected chi connectivity index (χ1v) is 9.46. The van der Waals surface area contributed by atoms with Crippen LogP contribution in [0.15, 0.2) is 46.9 Å². The zero-order valence-corrected chi connectivity index (χ0v) is 16.4. The number of ether oxygens (including phenoxy) is 2. The first-order valence-electron chi connectivity index (χ1n) is 8.67. The van der Waals surface area contributed by atoms with Crippen molar-refractivity contribution in [3.63, 3.8) is 0 Å². The lowest BCUT2D eigenvalue weighted by Gasteiger charge is -2.39. The lowest BCUT2D eigenvalue weighted by molar-refractivity contribution is -0.130. The second kappa shape index (κ2) is 8.35. The number of amides is 1. The van der Waals surface area contributed by atoms with E-state index < -0.39 is 23.3 Å². The van der Waals surface area contributed by atoms with E-state index in [1.807, 2.05) is 24.3 Å². The summed E-state index contributed by atoms with van der Waals surface area (Å²) in [6, 6.07) is 11.0. The van der Waals surface area contributed by atoms with E-state index in [9.17, 15) is 13.6 Å². The minimum atomic E-state index is -1.02. The second-order valence-corrected chi connectivity index (χ2v) is 7.45. The quantitative estimate of drug-likeness (QED) is 0.754. The molecule has 144 valence electrons. The summed E-state index contributed by atoms with van der Waals surface area (Å²) >= 11 is 3.47. The highest BCUT2D eigenvalue weighted by atomic mass is 79.9. The Morgan fingerprint density at radius 2 is 1.93 bits per heavy atom. The molecule has 7 heteroatoms. The Morgan fingerprint density at radius 1 is 1.19 bits per heavy atom. The van der Waals surface area contributed by atoms with E-state index in [2.05, 4.69) is 21.2 Å². The molecule has 1 heterocycles. The molecule has 3 rings (SSSR count). The average Bonchev–Trinajstić information content (AvgIpc) is 2.65. The van der Waals surface area contributed by atoms with Crippen LogP contribution in [-0.2, 0) is 15.1 Å². The molecule has 1 aliphatic heterocycles.